The summed E-state index contributed by atoms with van der Waals surface area (Å²) in [6.07, 6.45) is 1.22. The van der Waals surface area contributed by atoms with Gasteiger partial charge in [0.2, 0.25) is 10.0 Å². The van der Waals surface area contributed by atoms with Crippen molar-refractivity contribution < 1.29 is 13.5 Å². The Balaban J connectivity index is 2.62. The SMILES string of the molecule is O=S(=O)(CCCCCl)Nc1cccc(CO)c1. The van der Waals surface area contributed by atoms with E-state index in [0.717, 1.165) is 0 Å². The van der Waals surface area contributed by atoms with Crippen LogP contribution in [0.5, 0.6) is 0 Å². The van der Waals surface area contributed by atoms with Crippen LogP contribution in [0, 0.1) is 0 Å². The average molecular weight is 278 g/mol. The number of rotatable bonds is 7. The number of hydrogen-bond donors (Lipinski definition) is 2. The molecule has 1 rings (SSSR count). The van der Waals surface area contributed by atoms with E-state index in [4.69, 9.17) is 16.7 Å². The van der Waals surface area contributed by atoms with Crippen molar-refractivity contribution >= 4 is 27.3 Å². The minimum absolute atomic E-state index is 0.0586. The molecule has 1 aromatic carbocycles. The van der Waals surface area contributed by atoms with Gasteiger partial charge in [-0.25, -0.2) is 8.42 Å². The molecule has 0 radical (unpaired) electrons. The number of hydrogen-bond acceptors (Lipinski definition) is 3. The lowest BCUT2D eigenvalue weighted by Gasteiger charge is -2.08. The highest BCUT2D eigenvalue weighted by Crippen LogP contribution is 2.13. The lowest BCUT2D eigenvalue weighted by Crippen LogP contribution is -2.16. The van der Waals surface area contributed by atoms with Crippen LogP contribution < -0.4 is 4.72 Å². The molecule has 2 N–H and O–H groups in total. The third-order valence-electron chi connectivity index (χ3n) is 2.18. The van der Waals surface area contributed by atoms with Crippen LogP contribution in [0.1, 0.15) is 18.4 Å². The van der Waals surface area contributed by atoms with E-state index in [1.165, 1.54) is 0 Å². The van der Waals surface area contributed by atoms with Crippen molar-refractivity contribution in [3.63, 3.8) is 0 Å². The molecule has 1 aromatic rings. The van der Waals surface area contributed by atoms with E-state index in [2.05, 4.69) is 4.72 Å². The first-order valence-corrected chi connectivity index (χ1v) is 7.52. The standard InChI is InChI=1S/C11H16ClNO3S/c12-6-1-2-7-17(15,16)13-11-5-3-4-10(8-11)9-14/h3-5,8,13-14H,1-2,6-7,9H2. The molecule has 0 unspecified atom stereocenters. The first-order chi connectivity index (χ1) is 8.07. The number of benzene rings is 1. The zero-order chi connectivity index (χ0) is 12.7. The second kappa shape index (κ2) is 6.83. The maximum Gasteiger partial charge on any atom is 0.232 e. The summed E-state index contributed by atoms with van der Waals surface area (Å²) in [6, 6.07) is 6.69. The van der Waals surface area contributed by atoms with E-state index in [0.29, 0.717) is 30.0 Å². The van der Waals surface area contributed by atoms with Gasteiger partial charge in [-0.15, -0.1) is 11.6 Å². The molecule has 0 fully saturated rings. The number of aliphatic hydroxyl groups excluding tert-OH is 1. The molecule has 0 amide bonds. The third kappa shape index (κ3) is 5.39. The van der Waals surface area contributed by atoms with Crippen molar-refractivity contribution in [2.75, 3.05) is 16.4 Å². The van der Waals surface area contributed by atoms with Gasteiger partial charge in [0, 0.05) is 11.6 Å². The van der Waals surface area contributed by atoms with Gasteiger partial charge in [-0.2, -0.15) is 0 Å². The van der Waals surface area contributed by atoms with Gasteiger partial charge in [-0.05, 0) is 30.5 Å². The fraction of sp³-hybridized carbons (Fsp3) is 0.455. The monoisotopic (exact) mass is 277 g/mol. The Hall–Kier alpha value is -0.780. The highest BCUT2D eigenvalue weighted by atomic mass is 35.5. The largest absolute Gasteiger partial charge is 0.392 e. The Kier molecular flexibility index (Phi) is 5.74. The van der Waals surface area contributed by atoms with Crippen LogP contribution in [0.3, 0.4) is 0 Å². The number of sulfonamides is 1. The lowest BCUT2D eigenvalue weighted by molar-refractivity contribution is 0.282. The first-order valence-electron chi connectivity index (χ1n) is 5.33. The van der Waals surface area contributed by atoms with Crippen molar-refractivity contribution in [3.05, 3.63) is 29.8 Å². The minimum atomic E-state index is -3.32. The van der Waals surface area contributed by atoms with E-state index < -0.39 is 10.0 Å². The number of alkyl halides is 1. The molecular weight excluding hydrogens is 262 g/mol. The van der Waals surface area contributed by atoms with Crippen LogP contribution in [0.15, 0.2) is 24.3 Å². The summed E-state index contributed by atoms with van der Waals surface area (Å²) in [4.78, 5) is 0. The summed E-state index contributed by atoms with van der Waals surface area (Å²) in [7, 11) is -3.32. The second-order valence-electron chi connectivity index (χ2n) is 3.68. The van der Waals surface area contributed by atoms with Gasteiger partial charge in [0.25, 0.3) is 0 Å². The molecule has 0 saturated carbocycles. The molecule has 0 saturated heterocycles. The topological polar surface area (TPSA) is 66.4 Å². The fourth-order valence-electron chi connectivity index (χ4n) is 1.35. The number of nitrogens with one attached hydrogen (secondary N) is 1. The highest BCUT2D eigenvalue weighted by Gasteiger charge is 2.09. The number of halogens is 1. The Morgan fingerprint density at radius 2 is 2.06 bits per heavy atom. The summed E-state index contributed by atoms with van der Waals surface area (Å²) in [5.41, 5.74) is 1.15. The van der Waals surface area contributed by atoms with Crippen LogP contribution in [0.4, 0.5) is 5.69 Å². The van der Waals surface area contributed by atoms with Gasteiger partial charge in [-0.3, -0.25) is 4.72 Å². The molecule has 0 atom stereocenters. The minimum Gasteiger partial charge on any atom is -0.392 e. The van der Waals surface area contributed by atoms with Crippen molar-refractivity contribution in [1.29, 1.82) is 0 Å². The second-order valence-corrected chi connectivity index (χ2v) is 5.90. The molecule has 0 spiro atoms. The smallest absolute Gasteiger partial charge is 0.232 e. The molecule has 17 heavy (non-hydrogen) atoms. The molecule has 0 aliphatic rings. The Labute approximate surface area is 107 Å². The van der Waals surface area contributed by atoms with Crippen LogP contribution in [-0.4, -0.2) is 25.2 Å². The van der Waals surface area contributed by atoms with Crippen molar-refractivity contribution in [2.45, 2.75) is 19.4 Å². The molecule has 96 valence electrons. The summed E-state index contributed by atoms with van der Waals surface area (Å²) < 4.78 is 25.8. The first kappa shape index (κ1) is 14.3. The van der Waals surface area contributed by atoms with Gasteiger partial charge >= 0.3 is 0 Å². The molecule has 0 heterocycles. The van der Waals surface area contributed by atoms with Gasteiger partial charge in [0.15, 0.2) is 0 Å². The van der Waals surface area contributed by atoms with E-state index in [1.807, 2.05) is 0 Å². The molecule has 0 bridgehead atoms. The van der Waals surface area contributed by atoms with Crippen LogP contribution in [0.25, 0.3) is 0 Å². The van der Waals surface area contributed by atoms with E-state index in [-0.39, 0.29) is 12.4 Å². The highest BCUT2D eigenvalue weighted by molar-refractivity contribution is 7.92. The maximum atomic E-state index is 11.7. The summed E-state index contributed by atoms with van der Waals surface area (Å²) in [6.45, 7) is -0.109. The molecule has 0 aliphatic heterocycles. The van der Waals surface area contributed by atoms with Gasteiger partial charge in [-0.1, -0.05) is 12.1 Å². The lowest BCUT2D eigenvalue weighted by atomic mass is 10.2. The summed E-state index contributed by atoms with van der Waals surface area (Å²) in [5, 5.41) is 8.94. The Bertz CT molecular complexity index is 448. The number of aliphatic hydroxyl groups is 1. The molecule has 0 aromatic heterocycles. The fourth-order valence-corrected chi connectivity index (χ4v) is 2.71. The summed E-state index contributed by atoms with van der Waals surface area (Å²) >= 11 is 5.49. The zero-order valence-electron chi connectivity index (χ0n) is 9.39. The number of unbranched alkanes of at least 4 members (excludes halogenated alkanes) is 1. The van der Waals surface area contributed by atoms with Crippen molar-refractivity contribution in [1.82, 2.24) is 0 Å². The van der Waals surface area contributed by atoms with Crippen LogP contribution >= 0.6 is 11.6 Å². The zero-order valence-corrected chi connectivity index (χ0v) is 11.0. The van der Waals surface area contributed by atoms with Gasteiger partial charge in [0.1, 0.15) is 0 Å². The predicted molar refractivity (Wildman–Crippen MR) is 69.7 cm³/mol. The summed E-state index contributed by atoms with van der Waals surface area (Å²) in [5.74, 6) is 0.526. The molecule has 0 aliphatic carbocycles. The molecular formula is C11H16ClNO3S. The van der Waals surface area contributed by atoms with Gasteiger partial charge < -0.3 is 5.11 Å². The van der Waals surface area contributed by atoms with E-state index in [1.54, 1.807) is 24.3 Å². The molecule has 4 nitrogen and oxygen atoms in total. The number of anilines is 1. The average Bonchev–Trinajstić information content (AvgIpc) is 2.29. The predicted octanol–water partition coefficient (Wildman–Crippen LogP) is 1.94. The third-order valence-corrected chi connectivity index (χ3v) is 3.82. The molecule has 6 heteroatoms. The van der Waals surface area contributed by atoms with Crippen LogP contribution in [-0.2, 0) is 16.6 Å². The van der Waals surface area contributed by atoms with Crippen LogP contribution in [0.2, 0.25) is 0 Å². The van der Waals surface area contributed by atoms with Gasteiger partial charge in [0.05, 0.1) is 12.4 Å². The Morgan fingerprint density at radius 1 is 1.29 bits per heavy atom. The van der Waals surface area contributed by atoms with E-state index >= 15 is 0 Å². The normalized spacial score (nSPS) is 11.4. The van der Waals surface area contributed by atoms with E-state index in [9.17, 15) is 8.42 Å². The van der Waals surface area contributed by atoms with Crippen molar-refractivity contribution in [2.24, 2.45) is 0 Å². The quantitative estimate of drug-likeness (QED) is 0.591. The maximum absolute atomic E-state index is 11.7. The van der Waals surface area contributed by atoms with Crippen molar-refractivity contribution in [3.8, 4) is 0 Å². The Morgan fingerprint density at radius 3 is 2.71 bits per heavy atom.